The van der Waals surface area contributed by atoms with E-state index in [4.69, 9.17) is 55.2 Å². The van der Waals surface area contributed by atoms with Crippen LogP contribution in [0.3, 0.4) is 0 Å². The maximum Gasteiger partial charge on any atom is 0.231 e. The van der Waals surface area contributed by atoms with Crippen LogP contribution in [0.25, 0.3) is 0 Å². The molecule has 0 fully saturated rings. The lowest BCUT2D eigenvalue weighted by molar-refractivity contribution is 0.562. The first-order chi connectivity index (χ1) is 7.55. The van der Waals surface area contributed by atoms with Gasteiger partial charge in [-0.1, -0.05) is 23.2 Å². The Morgan fingerprint density at radius 3 is 1.56 bits per heavy atom. The van der Waals surface area contributed by atoms with Crippen LogP contribution in [0.4, 0.5) is 0 Å². The van der Waals surface area contributed by atoms with E-state index in [1.165, 1.54) is 0 Å². The van der Waals surface area contributed by atoms with Crippen molar-refractivity contribution in [1.29, 1.82) is 10.8 Å². The van der Waals surface area contributed by atoms with Gasteiger partial charge in [-0.3, -0.25) is 0 Å². The third-order valence-electron chi connectivity index (χ3n) is 1.08. The van der Waals surface area contributed by atoms with Crippen LogP contribution >= 0.6 is 34.8 Å². The van der Waals surface area contributed by atoms with Crippen LogP contribution in [0.15, 0.2) is 18.2 Å². The van der Waals surface area contributed by atoms with Crippen molar-refractivity contribution in [1.82, 2.24) is 0 Å². The molecule has 0 aliphatic rings. The Labute approximate surface area is 107 Å². The summed E-state index contributed by atoms with van der Waals surface area (Å²) in [5.41, 5.74) is 0.944. The maximum atomic E-state index is 8.35. The average molecular weight is 282 g/mol. The number of isocyanates is 2. The molecule has 0 saturated carbocycles. The lowest BCUT2D eigenvalue weighted by atomic mass is 10.2. The number of nitrogens with one attached hydrogen (secondary N) is 2. The lowest BCUT2D eigenvalue weighted by Crippen LogP contribution is -1.76. The zero-order valence-corrected chi connectivity index (χ0v) is 10.2. The molecule has 0 atom stereocenters. The van der Waals surface area contributed by atoms with Crippen LogP contribution in [0.1, 0.15) is 5.56 Å². The summed E-state index contributed by atoms with van der Waals surface area (Å²) >= 11 is 16.9. The van der Waals surface area contributed by atoms with Gasteiger partial charge in [0, 0.05) is 15.9 Å². The summed E-state index contributed by atoms with van der Waals surface area (Å²) in [6.45, 7) is 0. The molecule has 16 heavy (non-hydrogen) atoms. The molecule has 0 aromatic heterocycles. The predicted octanol–water partition coefficient (Wildman–Crippen LogP) is 3.53. The minimum atomic E-state index is 0.445. The van der Waals surface area contributed by atoms with Crippen LogP contribution in [0.2, 0.25) is 10.0 Å². The molecule has 2 N–H and O–H groups in total. The summed E-state index contributed by atoms with van der Waals surface area (Å²) in [6, 6.07) is 5.26. The van der Waals surface area contributed by atoms with Gasteiger partial charge in [-0.15, -0.1) is 11.6 Å². The van der Waals surface area contributed by atoms with E-state index >= 15 is 0 Å². The van der Waals surface area contributed by atoms with E-state index in [-0.39, 0.29) is 0 Å². The van der Waals surface area contributed by atoms with Crippen molar-refractivity contribution in [3.05, 3.63) is 33.8 Å². The molecule has 7 heteroatoms. The first kappa shape index (κ1) is 17.3. The number of carbonyl (C=O) groups excluding carboxylic acids is 2. The highest BCUT2D eigenvalue weighted by atomic mass is 35.5. The monoisotopic (exact) mass is 280 g/mol. The highest BCUT2D eigenvalue weighted by molar-refractivity contribution is 6.34. The third kappa shape index (κ3) is 10.9. The maximum absolute atomic E-state index is 8.35. The fraction of sp³-hybridized carbons (Fsp3) is 0.111. The highest BCUT2D eigenvalue weighted by Crippen LogP contribution is 2.19. The number of rotatable bonds is 1. The second-order valence-corrected chi connectivity index (χ2v) is 3.26. The van der Waals surface area contributed by atoms with Gasteiger partial charge in [0.25, 0.3) is 0 Å². The first-order valence-electron chi connectivity index (χ1n) is 3.64. The van der Waals surface area contributed by atoms with Gasteiger partial charge in [0.1, 0.15) is 0 Å². The van der Waals surface area contributed by atoms with Crippen LogP contribution < -0.4 is 0 Å². The Balaban J connectivity index is 0. The molecular formula is C9H7Cl3N2O2. The summed E-state index contributed by atoms with van der Waals surface area (Å²) in [4.78, 5) is 16.7. The van der Waals surface area contributed by atoms with E-state index in [2.05, 4.69) is 0 Å². The van der Waals surface area contributed by atoms with Crippen LogP contribution in [0, 0.1) is 10.8 Å². The molecule has 0 heterocycles. The molecule has 86 valence electrons. The van der Waals surface area contributed by atoms with Crippen molar-refractivity contribution < 1.29 is 9.59 Å². The van der Waals surface area contributed by atoms with E-state index in [1.54, 1.807) is 18.2 Å². The quantitative estimate of drug-likeness (QED) is 0.469. The molecule has 1 aromatic carbocycles. The van der Waals surface area contributed by atoms with E-state index in [0.29, 0.717) is 15.9 Å². The largest absolute Gasteiger partial charge is 0.231 e. The molecule has 4 nitrogen and oxygen atoms in total. The second kappa shape index (κ2) is 11.9. The Bertz CT molecular complexity index is 352. The summed E-state index contributed by atoms with van der Waals surface area (Å²) in [5, 5.41) is 12.1. The van der Waals surface area contributed by atoms with Crippen LogP contribution in [-0.2, 0) is 15.5 Å². The topological polar surface area (TPSA) is 81.8 Å². The van der Waals surface area contributed by atoms with Crippen LogP contribution in [-0.4, -0.2) is 12.2 Å². The van der Waals surface area contributed by atoms with Gasteiger partial charge < -0.3 is 0 Å². The zero-order chi connectivity index (χ0) is 13.0. The van der Waals surface area contributed by atoms with Crippen molar-refractivity contribution in [2.75, 3.05) is 0 Å². The lowest BCUT2D eigenvalue weighted by Gasteiger charge is -1.96. The molecule has 0 amide bonds. The minimum Gasteiger partial charge on any atom is -0.222 e. The Morgan fingerprint density at radius 2 is 1.31 bits per heavy atom. The van der Waals surface area contributed by atoms with Gasteiger partial charge in [-0.05, 0) is 23.8 Å². The minimum absolute atomic E-state index is 0.445. The SMILES string of the molecule is ClCc1cc(Cl)cc(Cl)c1.N=C=O.N=C=O. The van der Waals surface area contributed by atoms with E-state index < -0.39 is 0 Å². The molecule has 1 aromatic rings. The van der Waals surface area contributed by atoms with Crippen molar-refractivity contribution in [3.8, 4) is 0 Å². The van der Waals surface area contributed by atoms with Crippen LogP contribution in [0.5, 0.6) is 0 Å². The van der Waals surface area contributed by atoms with Crippen molar-refractivity contribution in [2.45, 2.75) is 5.88 Å². The number of hydrogen-bond donors (Lipinski definition) is 2. The predicted molar refractivity (Wildman–Crippen MR) is 62.8 cm³/mol. The molecule has 0 bridgehead atoms. The van der Waals surface area contributed by atoms with Gasteiger partial charge >= 0.3 is 0 Å². The van der Waals surface area contributed by atoms with Crippen molar-refractivity contribution in [2.24, 2.45) is 0 Å². The highest BCUT2D eigenvalue weighted by Gasteiger charge is 1.95. The molecule has 0 aliphatic heterocycles. The number of alkyl halides is 1. The summed E-state index contributed by atoms with van der Waals surface area (Å²) < 4.78 is 0. The van der Waals surface area contributed by atoms with E-state index in [1.807, 2.05) is 0 Å². The van der Waals surface area contributed by atoms with Crippen molar-refractivity contribution >= 4 is 47.0 Å². The summed E-state index contributed by atoms with van der Waals surface area (Å²) in [7, 11) is 0. The molecule has 0 saturated heterocycles. The molecule has 1 rings (SSSR count). The number of benzene rings is 1. The van der Waals surface area contributed by atoms with Gasteiger partial charge in [0.15, 0.2) is 0 Å². The third-order valence-corrected chi connectivity index (χ3v) is 1.82. The van der Waals surface area contributed by atoms with Crippen molar-refractivity contribution in [3.63, 3.8) is 0 Å². The number of halogens is 3. The fourth-order valence-electron chi connectivity index (χ4n) is 0.688. The van der Waals surface area contributed by atoms with Gasteiger partial charge in [-0.2, -0.15) is 0 Å². The van der Waals surface area contributed by atoms with E-state index in [9.17, 15) is 0 Å². The Morgan fingerprint density at radius 1 is 1.00 bits per heavy atom. The summed E-state index contributed by atoms with van der Waals surface area (Å²) in [6.07, 6.45) is 1.50. The smallest absolute Gasteiger partial charge is 0.222 e. The molecule has 0 aliphatic carbocycles. The van der Waals surface area contributed by atoms with Gasteiger partial charge in [-0.25, -0.2) is 20.4 Å². The Kier molecular flexibility index (Phi) is 12.9. The number of hydrogen-bond acceptors (Lipinski definition) is 4. The summed E-state index contributed by atoms with van der Waals surface area (Å²) in [5.74, 6) is 0.445. The Hall–Kier alpha value is -1.15. The first-order valence-corrected chi connectivity index (χ1v) is 4.93. The van der Waals surface area contributed by atoms with Gasteiger partial charge in [0.05, 0.1) is 0 Å². The molecular weight excluding hydrogens is 274 g/mol. The van der Waals surface area contributed by atoms with E-state index in [0.717, 1.165) is 17.7 Å². The molecule has 0 unspecified atom stereocenters. The fourth-order valence-corrected chi connectivity index (χ4v) is 1.41. The van der Waals surface area contributed by atoms with Gasteiger partial charge in [0.2, 0.25) is 12.2 Å². The molecule has 0 spiro atoms. The average Bonchev–Trinajstić information content (AvgIpc) is 2.18. The normalized spacial score (nSPS) is 7.19. The standard InChI is InChI=1S/C7H5Cl3.2CHNO/c8-4-5-1-6(9)3-7(10)2-5;2*2-1-3/h1-3H,4H2;2*2H. The zero-order valence-electron chi connectivity index (χ0n) is 7.89. The second-order valence-electron chi connectivity index (χ2n) is 2.12. The molecule has 0 radical (unpaired) electrons.